The highest BCUT2D eigenvalue weighted by atomic mass is 32.2. The minimum Gasteiger partial charge on any atom is -0.244 e. The van der Waals surface area contributed by atoms with Crippen molar-refractivity contribution < 1.29 is 21.6 Å². The van der Waals surface area contributed by atoms with Crippen LogP contribution in [0.4, 0.5) is 13.2 Å². The van der Waals surface area contributed by atoms with Crippen molar-refractivity contribution in [3.63, 3.8) is 0 Å². The van der Waals surface area contributed by atoms with Crippen LogP contribution < -0.4 is 0 Å². The summed E-state index contributed by atoms with van der Waals surface area (Å²) < 4.78 is 60.8. The number of halogens is 3. The predicted molar refractivity (Wildman–Crippen MR) is 59.0 cm³/mol. The van der Waals surface area contributed by atoms with Crippen LogP contribution in [0, 0.1) is 0 Å². The van der Waals surface area contributed by atoms with Crippen molar-refractivity contribution in [3.05, 3.63) is 41.4 Å². The van der Waals surface area contributed by atoms with Gasteiger partial charge in [-0.25, -0.2) is 13.4 Å². The highest BCUT2D eigenvalue weighted by Crippen LogP contribution is 2.30. The minimum absolute atomic E-state index is 0.0507. The lowest BCUT2D eigenvalue weighted by Gasteiger charge is -2.06. The molecule has 2 rings (SSSR count). The average Bonchev–Trinajstić information content (AvgIpc) is 2.82. The van der Waals surface area contributed by atoms with Crippen molar-refractivity contribution in [2.24, 2.45) is 0 Å². The van der Waals surface area contributed by atoms with Crippen LogP contribution in [0.3, 0.4) is 0 Å². The summed E-state index contributed by atoms with van der Waals surface area (Å²) >= 11 is 0.984. The lowest BCUT2D eigenvalue weighted by Crippen LogP contribution is -2.08. The van der Waals surface area contributed by atoms with Crippen molar-refractivity contribution in [2.75, 3.05) is 0 Å². The Hall–Kier alpha value is -1.41. The summed E-state index contributed by atoms with van der Waals surface area (Å²) in [6.07, 6.45) is -4.02. The summed E-state index contributed by atoms with van der Waals surface area (Å²) in [5.74, 6) is 0. The molecule has 2 aromatic rings. The number of rotatable bonds is 2. The van der Waals surface area contributed by atoms with E-state index in [0.717, 1.165) is 17.4 Å². The fourth-order valence-electron chi connectivity index (χ4n) is 1.23. The van der Waals surface area contributed by atoms with Crippen molar-refractivity contribution >= 4 is 21.2 Å². The Morgan fingerprint density at radius 2 is 1.89 bits per heavy atom. The van der Waals surface area contributed by atoms with Crippen LogP contribution in [0.25, 0.3) is 0 Å². The highest BCUT2D eigenvalue weighted by molar-refractivity contribution is 7.93. The van der Waals surface area contributed by atoms with E-state index in [9.17, 15) is 21.6 Å². The molecule has 0 bridgehead atoms. The summed E-state index contributed by atoms with van der Waals surface area (Å²) in [7, 11) is -3.82. The Bertz CT molecular complexity index is 631. The molecule has 0 saturated carbocycles. The molecule has 2 heterocycles. The maximum Gasteiger partial charge on any atom is 0.417 e. The van der Waals surface area contributed by atoms with Crippen molar-refractivity contribution in [3.8, 4) is 0 Å². The second kappa shape index (κ2) is 4.36. The molecular formula is C10H6F3NO2S2. The van der Waals surface area contributed by atoms with Gasteiger partial charge in [0.05, 0.1) is 5.56 Å². The third kappa shape index (κ3) is 2.39. The maximum atomic E-state index is 12.3. The highest BCUT2D eigenvalue weighted by Gasteiger charge is 2.31. The normalized spacial score (nSPS) is 12.6. The molecule has 0 fully saturated rings. The van der Waals surface area contributed by atoms with E-state index in [4.69, 9.17) is 0 Å². The molecule has 0 aliphatic rings. The molecule has 0 radical (unpaired) electrons. The first-order valence-electron chi connectivity index (χ1n) is 4.63. The molecule has 0 spiro atoms. The smallest absolute Gasteiger partial charge is 0.244 e. The van der Waals surface area contributed by atoms with Crippen molar-refractivity contribution in [2.45, 2.75) is 15.4 Å². The zero-order chi connectivity index (χ0) is 13.4. The zero-order valence-corrected chi connectivity index (χ0v) is 10.3. The van der Waals surface area contributed by atoms with Gasteiger partial charge in [0.15, 0.2) is 5.03 Å². The van der Waals surface area contributed by atoms with E-state index in [1.54, 1.807) is 11.4 Å². The molecule has 0 aliphatic heterocycles. The Morgan fingerprint density at radius 1 is 1.17 bits per heavy atom. The Morgan fingerprint density at radius 3 is 2.33 bits per heavy atom. The van der Waals surface area contributed by atoms with Gasteiger partial charge in [-0.3, -0.25) is 0 Å². The van der Waals surface area contributed by atoms with E-state index in [1.165, 1.54) is 6.07 Å². The first-order valence-corrected chi connectivity index (χ1v) is 7.00. The van der Waals surface area contributed by atoms with E-state index in [2.05, 4.69) is 4.98 Å². The van der Waals surface area contributed by atoms with E-state index < -0.39 is 26.6 Å². The van der Waals surface area contributed by atoms with Crippen LogP contribution in [0.1, 0.15) is 5.56 Å². The number of pyridine rings is 1. The first kappa shape index (κ1) is 13.0. The monoisotopic (exact) mass is 293 g/mol. The number of nitrogens with zero attached hydrogens (tertiary/aromatic N) is 1. The summed E-state index contributed by atoms with van der Waals surface area (Å²) in [5.41, 5.74) is -0.979. The van der Waals surface area contributed by atoms with Crippen LogP contribution in [0.15, 0.2) is 45.1 Å². The van der Waals surface area contributed by atoms with Gasteiger partial charge in [0.2, 0.25) is 9.84 Å². The van der Waals surface area contributed by atoms with Crippen LogP contribution >= 0.6 is 11.3 Å². The van der Waals surface area contributed by atoms with Crippen LogP contribution in [0.5, 0.6) is 0 Å². The molecule has 3 nitrogen and oxygen atoms in total. The molecule has 0 atom stereocenters. The average molecular weight is 293 g/mol. The van der Waals surface area contributed by atoms with Gasteiger partial charge >= 0.3 is 6.18 Å². The molecular weight excluding hydrogens is 287 g/mol. The number of sulfone groups is 1. The predicted octanol–water partition coefficient (Wildman–Crippen LogP) is 2.99. The minimum atomic E-state index is -4.53. The topological polar surface area (TPSA) is 47.0 Å². The molecule has 0 N–H and O–H groups in total. The molecule has 0 unspecified atom stereocenters. The molecule has 0 saturated heterocycles. The number of thiophene rings is 1. The Kier molecular flexibility index (Phi) is 3.16. The van der Waals surface area contributed by atoms with E-state index in [-0.39, 0.29) is 4.21 Å². The zero-order valence-electron chi connectivity index (χ0n) is 8.68. The van der Waals surface area contributed by atoms with Gasteiger partial charge in [-0.1, -0.05) is 6.07 Å². The van der Waals surface area contributed by atoms with Crippen molar-refractivity contribution in [1.29, 1.82) is 0 Å². The van der Waals surface area contributed by atoms with Gasteiger partial charge in [0.1, 0.15) is 4.21 Å². The second-order valence-corrected chi connectivity index (χ2v) is 6.39. The van der Waals surface area contributed by atoms with Crippen LogP contribution in [-0.2, 0) is 16.0 Å². The van der Waals surface area contributed by atoms with Gasteiger partial charge in [-0.05, 0) is 23.6 Å². The summed E-state index contributed by atoms with van der Waals surface area (Å²) in [6.45, 7) is 0. The fraction of sp³-hybridized carbons (Fsp3) is 0.100. The molecule has 2 aromatic heterocycles. The van der Waals surface area contributed by atoms with Crippen molar-refractivity contribution in [1.82, 2.24) is 4.98 Å². The van der Waals surface area contributed by atoms with E-state index in [0.29, 0.717) is 12.3 Å². The molecule has 0 amide bonds. The number of hydrogen-bond donors (Lipinski definition) is 0. The Labute approximate surface area is 105 Å². The fourth-order valence-corrected chi connectivity index (χ4v) is 3.51. The van der Waals surface area contributed by atoms with Gasteiger partial charge in [0, 0.05) is 6.20 Å². The van der Waals surface area contributed by atoms with Crippen LogP contribution in [-0.4, -0.2) is 13.4 Å². The van der Waals surface area contributed by atoms with Crippen LogP contribution in [0.2, 0.25) is 0 Å². The van der Waals surface area contributed by atoms with E-state index in [1.807, 2.05) is 0 Å². The third-order valence-corrected chi connectivity index (χ3v) is 5.17. The first-order chi connectivity index (χ1) is 8.32. The molecule has 18 heavy (non-hydrogen) atoms. The maximum absolute atomic E-state index is 12.3. The molecule has 8 heteroatoms. The molecule has 0 aromatic carbocycles. The number of alkyl halides is 3. The molecule has 0 aliphatic carbocycles. The largest absolute Gasteiger partial charge is 0.417 e. The summed E-state index contributed by atoms with van der Waals surface area (Å²) in [4.78, 5) is 3.37. The lowest BCUT2D eigenvalue weighted by atomic mass is 10.3. The van der Waals surface area contributed by atoms with Gasteiger partial charge in [-0.15, -0.1) is 11.3 Å². The number of hydrogen-bond acceptors (Lipinski definition) is 4. The molecule has 96 valence electrons. The Balaban J connectivity index is 2.42. The SMILES string of the molecule is O=S(=O)(c1ccc(C(F)(F)F)cn1)c1cccs1. The lowest BCUT2D eigenvalue weighted by molar-refractivity contribution is -0.137. The van der Waals surface area contributed by atoms with Gasteiger partial charge in [-0.2, -0.15) is 13.2 Å². The quantitative estimate of drug-likeness (QED) is 0.855. The van der Waals surface area contributed by atoms with E-state index >= 15 is 0 Å². The summed E-state index contributed by atoms with van der Waals surface area (Å²) in [6, 6.07) is 4.48. The van der Waals surface area contributed by atoms with Gasteiger partial charge < -0.3 is 0 Å². The third-order valence-electron chi connectivity index (χ3n) is 2.10. The summed E-state index contributed by atoms with van der Waals surface area (Å²) in [5, 5.41) is 1.18. The standard InChI is InChI=1S/C10H6F3NO2S2/c11-10(12,13)7-3-4-8(14-6-7)18(15,16)9-2-1-5-17-9/h1-6H. The van der Waals surface area contributed by atoms with Gasteiger partial charge in [0.25, 0.3) is 0 Å². The second-order valence-electron chi connectivity index (χ2n) is 3.32. The number of aromatic nitrogens is 1.